The number of nitrogens with one attached hydrogen (secondary N) is 1. The molecular weight excluding hydrogens is 417 g/mol. The van der Waals surface area contributed by atoms with Crippen LogP contribution in [0.5, 0.6) is 5.75 Å². The quantitative estimate of drug-likeness (QED) is 0.466. The third kappa shape index (κ3) is 2.94. The number of imidazole rings is 1. The number of nitrogens with zero attached hydrogens (tertiary/aromatic N) is 4. The van der Waals surface area contributed by atoms with E-state index >= 15 is 0 Å². The topological polar surface area (TPSA) is 77.4 Å². The van der Waals surface area contributed by atoms with E-state index < -0.39 is 0 Å². The molecule has 0 radical (unpaired) electrons. The molecule has 1 fully saturated rings. The van der Waals surface area contributed by atoms with Gasteiger partial charge in [-0.15, -0.1) is 11.3 Å². The summed E-state index contributed by atoms with van der Waals surface area (Å²) in [5.41, 5.74) is 3.33. The molecule has 3 aromatic heterocycles. The number of aromatic hydroxyl groups is 1. The molecule has 30 heavy (non-hydrogen) atoms. The van der Waals surface area contributed by atoms with Gasteiger partial charge < -0.3 is 15.0 Å². The molecule has 1 aliphatic heterocycles. The molecular formula is C21H24N5O2PS. The zero-order chi connectivity index (χ0) is 21.2. The predicted molar refractivity (Wildman–Crippen MR) is 127 cm³/mol. The smallest absolute Gasteiger partial charge is 0.268 e. The number of benzene rings is 1. The lowest BCUT2D eigenvalue weighted by atomic mass is 10.1. The number of anilines is 1. The lowest BCUT2D eigenvalue weighted by Gasteiger charge is -2.43. The van der Waals surface area contributed by atoms with E-state index in [0.29, 0.717) is 28.1 Å². The average molecular weight is 441 g/mol. The lowest BCUT2D eigenvalue weighted by Crippen LogP contribution is -2.55. The van der Waals surface area contributed by atoms with Gasteiger partial charge in [0.1, 0.15) is 11.4 Å². The van der Waals surface area contributed by atoms with E-state index in [1.165, 1.54) is 15.7 Å². The minimum atomic E-state index is -0.301. The zero-order valence-electron chi connectivity index (χ0n) is 17.1. The van der Waals surface area contributed by atoms with E-state index in [1.807, 2.05) is 17.5 Å². The minimum Gasteiger partial charge on any atom is -0.505 e. The van der Waals surface area contributed by atoms with Gasteiger partial charge in [0, 0.05) is 30.9 Å². The van der Waals surface area contributed by atoms with E-state index in [2.05, 4.69) is 62.2 Å². The highest BCUT2D eigenvalue weighted by Crippen LogP contribution is 2.36. The number of aromatic nitrogens is 3. The van der Waals surface area contributed by atoms with Gasteiger partial charge >= 0.3 is 0 Å². The molecule has 1 unspecified atom stereocenters. The van der Waals surface area contributed by atoms with Crippen molar-refractivity contribution in [2.75, 3.05) is 25.0 Å². The number of fused-ring (bicyclic) bond motifs is 2. The summed E-state index contributed by atoms with van der Waals surface area (Å²) in [6.07, 6.45) is 0. The Kier molecular flexibility index (Phi) is 4.61. The third-order valence-electron chi connectivity index (χ3n) is 6.22. The molecule has 7 nitrogen and oxygen atoms in total. The monoisotopic (exact) mass is 441 g/mol. The van der Waals surface area contributed by atoms with Crippen LogP contribution in [0.25, 0.3) is 32.6 Å². The molecule has 0 bridgehead atoms. The van der Waals surface area contributed by atoms with Crippen LogP contribution < -0.4 is 10.5 Å². The maximum Gasteiger partial charge on any atom is 0.268 e. The van der Waals surface area contributed by atoms with Crippen molar-refractivity contribution in [2.45, 2.75) is 25.9 Å². The van der Waals surface area contributed by atoms with Gasteiger partial charge in [0.15, 0.2) is 5.75 Å². The van der Waals surface area contributed by atoms with E-state index in [1.54, 1.807) is 0 Å². The average Bonchev–Trinajstić information content (AvgIpc) is 3.37. The van der Waals surface area contributed by atoms with Crippen LogP contribution in [0.15, 0.2) is 34.4 Å². The van der Waals surface area contributed by atoms with Crippen LogP contribution in [0, 0.1) is 0 Å². The highest BCUT2D eigenvalue weighted by molar-refractivity contribution is 7.18. The van der Waals surface area contributed by atoms with Crippen LogP contribution in [0.4, 0.5) is 5.69 Å². The number of hydrogen-bond acceptors (Lipinski definition) is 6. The van der Waals surface area contributed by atoms with Gasteiger partial charge in [-0.25, -0.2) is 4.98 Å². The summed E-state index contributed by atoms with van der Waals surface area (Å²) in [5.74, 6) is 0.362. The van der Waals surface area contributed by atoms with E-state index in [4.69, 9.17) is 0 Å². The summed E-state index contributed by atoms with van der Waals surface area (Å²) in [5, 5.41) is 12.6. The van der Waals surface area contributed by atoms with Crippen molar-refractivity contribution in [3.63, 3.8) is 0 Å². The fourth-order valence-corrected chi connectivity index (χ4v) is 5.53. The largest absolute Gasteiger partial charge is 0.505 e. The van der Waals surface area contributed by atoms with Gasteiger partial charge in [-0.2, -0.15) is 0 Å². The van der Waals surface area contributed by atoms with Crippen molar-refractivity contribution in [3.8, 4) is 17.1 Å². The normalized spacial score (nSPS) is 20.5. The molecule has 3 atom stereocenters. The minimum absolute atomic E-state index is 0.0234. The summed E-state index contributed by atoms with van der Waals surface area (Å²) in [7, 11) is 4.60. The molecule has 2 N–H and O–H groups in total. The third-order valence-corrected chi connectivity index (χ3v) is 7.64. The summed E-state index contributed by atoms with van der Waals surface area (Å²) in [6, 6.07) is 8.89. The molecule has 1 aliphatic rings. The van der Waals surface area contributed by atoms with Crippen LogP contribution in [0.3, 0.4) is 0 Å². The Morgan fingerprint density at radius 3 is 2.70 bits per heavy atom. The van der Waals surface area contributed by atoms with E-state index in [9.17, 15) is 9.90 Å². The van der Waals surface area contributed by atoms with E-state index in [-0.39, 0.29) is 16.9 Å². The molecule has 156 valence electrons. The Morgan fingerprint density at radius 2 is 1.97 bits per heavy atom. The first-order chi connectivity index (χ1) is 14.3. The first-order valence-electron chi connectivity index (χ1n) is 9.92. The molecule has 0 amide bonds. The van der Waals surface area contributed by atoms with Crippen molar-refractivity contribution in [1.82, 2.24) is 19.2 Å². The highest BCUT2D eigenvalue weighted by atomic mass is 32.1. The van der Waals surface area contributed by atoms with Crippen LogP contribution in [-0.2, 0) is 0 Å². The Labute approximate surface area is 180 Å². The van der Waals surface area contributed by atoms with Crippen LogP contribution in [0.1, 0.15) is 13.8 Å². The number of rotatable bonds is 2. The molecule has 0 aliphatic carbocycles. The van der Waals surface area contributed by atoms with Gasteiger partial charge in [0.05, 0.1) is 21.3 Å². The van der Waals surface area contributed by atoms with Crippen LogP contribution in [0.2, 0.25) is 0 Å². The van der Waals surface area contributed by atoms with Gasteiger partial charge in [-0.1, -0.05) is 0 Å². The first-order valence-corrected chi connectivity index (χ1v) is 11.3. The zero-order valence-corrected chi connectivity index (χ0v) is 19.1. The Balaban J connectivity index is 1.59. The standard InChI is InChI=1S/C21H24N5O2PS/c1-11-9-25(10-12(2)24(11)3)13-4-5-14-15(8-13)23-20(22-14)17-18(27)19-16(6-7-30-19)26(29)21(17)28/h4-8,11-12,27H,9-10,29H2,1-3H3,(H,22,23)/t11-,12+. The fraction of sp³-hybridized carbons (Fsp3) is 0.333. The summed E-state index contributed by atoms with van der Waals surface area (Å²) in [4.78, 5) is 25.6. The van der Waals surface area contributed by atoms with E-state index in [0.717, 1.165) is 29.8 Å². The molecule has 0 saturated carbocycles. The molecule has 5 rings (SSSR count). The van der Waals surface area contributed by atoms with Crippen molar-refractivity contribution in [2.24, 2.45) is 0 Å². The van der Waals surface area contributed by atoms with Crippen molar-refractivity contribution in [3.05, 3.63) is 40.0 Å². The van der Waals surface area contributed by atoms with Gasteiger partial charge in [0.25, 0.3) is 5.56 Å². The SMILES string of the molecule is C[C@@H]1CN(c2ccc3nc(-c4c(O)c5sccc5n(P)c4=O)[nH]c3c2)C[C@H](C)N1C. The predicted octanol–water partition coefficient (Wildman–Crippen LogP) is 3.48. The number of hydrogen-bond donors (Lipinski definition) is 2. The lowest BCUT2D eigenvalue weighted by molar-refractivity contribution is 0.170. The Bertz CT molecular complexity index is 1310. The number of likely N-dealkylation sites (N-methyl/N-ethyl adjacent to an activating group) is 1. The molecule has 9 heteroatoms. The van der Waals surface area contributed by atoms with Crippen molar-refractivity contribution < 1.29 is 5.11 Å². The molecule has 1 aromatic carbocycles. The molecule has 0 spiro atoms. The maximum atomic E-state index is 12.9. The number of H-pyrrole nitrogens is 1. The Hall–Kier alpha value is -2.41. The number of piperazine rings is 1. The number of thiophene rings is 1. The summed E-state index contributed by atoms with van der Waals surface area (Å²) >= 11 is 1.40. The van der Waals surface area contributed by atoms with Crippen molar-refractivity contribution in [1.29, 1.82) is 0 Å². The number of aromatic amines is 1. The molecule has 4 heterocycles. The second-order valence-corrected chi connectivity index (χ2v) is 9.52. The molecule has 1 saturated heterocycles. The van der Waals surface area contributed by atoms with Gasteiger partial charge in [-0.3, -0.25) is 14.0 Å². The second-order valence-electron chi connectivity index (χ2n) is 8.09. The Morgan fingerprint density at radius 1 is 1.23 bits per heavy atom. The highest BCUT2D eigenvalue weighted by Gasteiger charge is 2.27. The maximum absolute atomic E-state index is 12.9. The number of pyridine rings is 1. The summed E-state index contributed by atoms with van der Waals surface area (Å²) < 4.78 is 2.15. The van der Waals surface area contributed by atoms with Crippen LogP contribution >= 0.6 is 20.7 Å². The van der Waals surface area contributed by atoms with Gasteiger partial charge in [-0.05, 0) is 59.9 Å². The molecule has 4 aromatic rings. The fourth-order valence-electron chi connectivity index (χ4n) is 4.26. The second kappa shape index (κ2) is 7.08. The van der Waals surface area contributed by atoms with Crippen molar-refractivity contribution >= 4 is 47.7 Å². The summed E-state index contributed by atoms with van der Waals surface area (Å²) in [6.45, 7) is 6.40. The van der Waals surface area contributed by atoms with Crippen LogP contribution in [-0.4, -0.2) is 56.5 Å². The van der Waals surface area contributed by atoms with Gasteiger partial charge in [0.2, 0.25) is 0 Å². The first kappa shape index (κ1) is 19.5.